The Kier molecular flexibility index (Phi) is 1.69. The number of aryl methyl sites for hydroxylation is 1. The van der Waals surface area contributed by atoms with Crippen molar-refractivity contribution in [1.29, 1.82) is 0 Å². The van der Waals surface area contributed by atoms with Crippen LogP contribution in [0.4, 0.5) is 0 Å². The first-order chi connectivity index (χ1) is 7.24. The molecule has 0 unspecified atom stereocenters. The van der Waals surface area contributed by atoms with Crippen LogP contribution in [-0.4, -0.2) is 22.6 Å². The highest BCUT2D eigenvalue weighted by Crippen LogP contribution is 2.54. The Morgan fingerprint density at radius 3 is 2.87 bits per heavy atom. The fourth-order valence-electron chi connectivity index (χ4n) is 2.95. The minimum Gasteiger partial charge on any atom is -0.355 e. The van der Waals surface area contributed by atoms with Crippen LogP contribution in [0.15, 0.2) is 6.20 Å². The Labute approximate surface area is 88.4 Å². The average Bonchev–Trinajstić information content (AvgIpc) is 2.67. The van der Waals surface area contributed by atoms with Crippen LogP contribution in [0.5, 0.6) is 0 Å². The van der Waals surface area contributed by atoms with E-state index in [1.54, 1.807) is 0 Å². The van der Waals surface area contributed by atoms with Crippen LogP contribution in [0.3, 0.4) is 0 Å². The zero-order valence-corrected chi connectivity index (χ0v) is 8.84. The van der Waals surface area contributed by atoms with Crippen molar-refractivity contribution in [3.8, 4) is 0 Å². The Morgan fingerprint density at radius 2 is 2.33 bits per heavy atom. The molecule has 2 aliphatic rings. The predicted octanol–water partition coefficient (Wildman–Crippen LogP) is 1.10. The zero-order valence-electron chi connectivity index (χ0n) is 8.84. The van der Waals surface area contributed by atoms with Gasteiger partial charge in [0.05, 0.1) is 11.6 Å². The van der Waals surface area contributed by atoms with E-state index in [2.05, 4.69) is 15.5 Å². The third-order valence-corrected chi connectivity index (χ3v) is 4.05. The molecular weight excluding hydrogens is 190 g/mol. The Hall–Kier alpha value is -1.32. The summed E-state index contributed by atoms with van der Waals surface area (Å²) in [7, 11) is 0. The fourth-order valence-corrected chi connectivity index (χ4v) is 2.95. The lowest BCUT2D eigenvalue weighted by molar-refractivity contribution is -0.132. The Morgan fingerprint density at radius 1 is 1.53 bits per heavy atom. The van der Waals surface area contributed by atoms with Gasteiger partial charge in [-0.15, -0.1) is 0 Å². The van der Waals surface area contributed by atoms with Gasteiger partial charge in [0.15, 0.2) is 0 Å². The Balaban J connectivity index is 2.00. The largest absolute Gasteiger partial charge is 0.355 e. The molecule has 1 atom stereocenters. The molecule has 1 spiro atoms. The zero-order chi connectivity index (χ0) is 10.5. The van der Waals surface area contributed by atoms with Gasteiger partial charge in [-0.1, -0.05) is 6.42 Å². The Bertz CT molecular complexity index is 406. The second-order valence-corrected chi connectivity index (χ2v) is 4.74. The maximum Gasteiger partial charge on any atom is 0.226 e. The van der Waals surface area contributed by atoms with Crippen molar-refractivity contribution in [2.24, 2.45) is 5.41 Å². The molecule has 1 saturated heterocycles. The number of amides is 1. The van der Waals surface area contributed by atoms with E-state index >= 15 is 0 Å². The molecule has 2 fully saturated rings. The molecule has 1 aliphatic carbocycles. The quantitative estimate of drug-likeness (QED) is 0.721. The van der Waals surface area contributed by atoms with Gasteiger partial charge in [-0.05, 0) is 25.3 Å². The summed E-state index contributed by atoms with van der Waals surface area (Å²) in [5.41, 5.74) is 2.20. The van der Waals surface area contributed by atoms with Gasteiger partial charge < -0.3 is 5.32 Å². The number of hydrogen-bond acceptors (Lipinski definition) is 2. The summed E-state index contributed by atoms with van der Waals surface area (Å²) >= 11 is 0. The topological polar surface area (TPSA) is 57.8 Å². The molecule has 15 heavy (non-hydrogen) atoms. The highest BCUT2D eigenvalue weighted by Gasteiger charge is 2.55. The van der Waals surface area contributed by atoms with Crippen LogP contribution in [0.1, 0.15) is 36.4 Å². The first kappa shape index (κ1) is 8.95. The summed E-state index contributed by atoms with van der Waals surface area (Å²) in [5.74, 6) is 0.550. The van der Waals surface area contributed by atoms with Crippen molar-refractivity contribution >= 4 is 5.91 Å². The van der Waals surface area contributed by atoms with Crippen LogP contribution in [0.25, 0.3) is 0 Å². The number of H-pyrrole nitrogens is 1. The average molecular weight is 205 g/mol. The lowest BCUT2D eigenvalue weighted by Crippen LogP contribution is -2.40. The molecule has 1 aromatic heterocycles. The van der Waals surface area contributed by atoms with Gasteiger partial charge in [0.25, 0.3) is 0 Å². The second-order valence-electron chi connectivity index (χ2n) is 4.74. The smallest absolute Gasteiger partial charge is 0.226 e. The van der Waals surface area contributed by atoms with Gasteiger partial charge in [0.2, 0.25) is 5.91 Å². The summed E-state index contributed by atoms with van der Waals surface area (Å²) in [4.78, 5) is 11.8. The number of hydrogen-bond donors (Lipinski definition) is 2. The molecule has 80 valence electrons. The lowest BCUT2D eigenvalue weighted by Gasteiger charge is -2.40. The molecule has 0 bridgehead atoms. The molecule has 2 N–H and O–H groups in total. The van der Waals surface area contributed by atoms with E-state index < -0.39 is 0 Å². The highest BCUT2D eigenvalue weighted by molar-refractivity contribution is 5.87. The van der Waals surface area contributed by atoms with Crippen molar-refractivity contribution in [2.75, 3.05) is 6.54 Å². The van der Waals surface area contributed by atoms with Crippen LogP contribution in [-0.2, 0) is 4.79 Å². The molecular formula is C11H15N3O. The van der Waals surface area contributed by atoms with Crippen molar-refractivity contribution in [3.63, 3.8) is 0 Å². The van der Waals surface area contributed by atoms with Crippen LogP contribution < -0.4 is 5.32 Å². The molecule has 1 aromatic rings. The minimum absolute atomic E-state index is 0.114. The van der Waals surface area contributed by atoms with E-state index in [-0.39, 0.29) is 11.3 Å². The normalized spacial score (nSPS) is 27.8. The van der Waals surface area contributed by atoms with E-state index in [1.165, 1.54) is 12.0 Å². The molecule has 2 heterocycles. The van der Waals surface area contributed by atoms with E-state index in [0.29, 0.717) is 5.92 Å². The molecule has 0 aromatic carbocycles. The maximum absolute atomic E-state index is 11.8. The number of rotatable bonds is 1. The van der Waals surface area contributed by atoms with Gasteiger partial charge in [-0.3, -0.25) is 9.89 Å². The molecule has 0 radical (unpaired) electrons. The van der Waals surface area contributed by atoms with Gasteiger partial charge in [-0.2, -0.15) is 5.10 Å². The number of carbonyl (C=O) groups excluding carboxylic acids is 1. The summed E-state index contributed by atoms with van der Waals surface area (Å²) < 4.78 is 0. The number of aromatic amines is 1. The first-order valence-electron chi connectivity index (χ1n) is 5.52. The van der Waals surface area contributed by atoms with Crippen molar-refractivity contribution in [3.05, 3.63) is 17.5 Å². The van der Waals surface area contributed by atoms with Crippen molar-refractivity contribution < 1.29 is 4.79 Å². The van der Waals surface area contributed by atoms with Gasteiger partial charge in [0.1, 0.15) is 0 Å². The molecule has 4 heteroatoms. The molecule has 4 nitrogen and oxygen atoms in total. The van der Waals surface area contributed by atoms with E-state index in [0.717, 1.165) is 25.1 Å². The third-order valence-electron chi connectivity index (χ3n) is 4.05. The number of carbonyl (C=O) groups is 1. The predicted molar refractivity (Wildman–Crippen MR) is 55.4 cm³/mol. The third kappa shape index (κ3) is 1.02. The number of nitrogens with zero attached hydrogens (tertiary/aromatic N) is 1. The van der Waals surface area contributed by atoms with Crippen molar-refractivity contribution in [1.82, 2.24) is 15.5 Å². The minimum atomic E-state index is -0.114. The standard InChI is InChI=1S/C11H15N3O/c1-7-5-13-14-9(7)8-6-12-10(15)11(8)3-2-4-11/h5,8H,2-4,6H2,1H3,(H,12,15)(H,13,14)/t8-/m1/s1. The monoisotopic (exact) mass is 205 g/mol. The summed E-state index contributed by atoms with van der Waals surface area (Å²) in [6.45, 7) is 2.82. The van der Waals surface area contributed by atoms with Crippen LogP contribution >= 0.6 is 0 Å². The molecule has 3 rings (SSSR count). The van der Waals surface area contributed by atoms with Crippen LogP contribution in [0, 0.1) is 12.3 Å². The van der Waals surface area contributed by atoms with E-state index in [4.69, 9.17) is 0 Å². The molecule has 1 saturated carbocycles. The van der Waals surface area contributed by atoms with Crippen molar-refractivity contribution in [2.45, 2.75) is 32.1 Å². The molecule has 1 aliphatic heterocycles. The van der Waals surface area contributed by atoms with E-state index in [1.807, 2.05) is 13.1 Å². The maximum atomic E-state index is 11.8. The number of aromatic nitrogens is 2. The summed E-state index contributed by atoms with van der Waals surface area (Å²) in [5, 5.41) is 10.1. The first-order valence-corrected chi connectivity index (χ1v) is 5.52. The number of nitrogens with one attached hydrogen (secondary N) is 2. The SMILES string of the molecule is Cc1cn[nH]c1[C@H]1CNC(=O)C12CCC2. The van der Waals surface area contributed by atoms with E-state index in [9.17, 15) is 4.79 Å². The summed E-state index contributed by atoms with van der Waals surface area (Å²) in [6, 6.07) is 0. The fraction of sp³-hybridized carbons (Fsp3) is 0.636. The van der Waals surface area contributed by atoms with Gasteiger partial charge >= 0.3 is 0 Å². The van der Waals surface area contributed by atoms with Gasteiger partial charge in [0, 0.05) is 18.2 Å². The van der Waals surface area contributed by atoms with Crippen LogP contribution in [0.2, 0.25) is 0 Å². The summed E-state index contributed by atoms with van der Waals surface area (Å²) in [6.07, 6.45) is 5.07. The molecule has 1 amide bonds. The lowest BCUT2D eigenvalue weighted by atomic mass is 9.61. The highest BCUT2D eigenvalue weighted by atomic mass is 16.2. The van der Waals surface area contributed by atoms with Gasteiger partial charge in [-0.25, -0.2) is 0 Å². The second kappa shape index (κ2) is 2.84.